The lowest BCUT2D eigenvalue weighted by atomic mass is 9.91. The van der Waals surface area contributed by atoms with Crippen molar-refractivity contribution in [3.05, 3.63) is 59.7 Å². The minimum Gasteiger partial charge on any atom is -0.343 e. The first-order valence-corrected chi connectivity index (χ1v) is 14.9. The zero-order chi connectivity index (χ0) is 30.1. The minimum atomic E-state index is -0.156. The van der Waals surface area contributed by atoms with Gasteiger partial charge in [-0.1, -0.05) is 24.3 Å². The van der Waals surface area contributed by atoms with Crippen molar-refractivity contribution < 1.29 is 4.79 Å². The number of anilines is 2. The molecule has 1 saturated heterocycles. The molecule has 0 spiro atoms. The van der Waals surface area contributed by atoms with Crippen molar-refractivity contribution >= 4 is 30.0 Å². The van der Waals surface area contributed by atoms with Crippen LogP contribution in [0.15, 0.2) is 47.8 Å². The molecule has 0 bridgehead atoms. The highest BCUT2D eigenvalue weighted by molar-refractivity contribution is 5.90. The Hall–Kier alpha value is -4.67. The van der Waals surface area contributed by atoms with Crippen molar-refractivity contribution in [3.63, 3.8) is 0 Å². The summed E-state index contributed by atoms with van der Waals surface area (Å²) in [4.78, 5) is 27.7. The van der Waals surface area contributed by atoms with Crippen LogP contribution in [-0.2, 0) is 24.7 Å². The second-order valence-electron chi connectivity index (χ2n) is 11.6. The van der Waals surface area contributed by atoms with Crippen molar-refractivity contribution in [1.82, 2.24) is 34.4 Å². The molecule has 43 heavy (non-hydrogen) atoms. The van der Waals surface area contributed by atoms with E-state index in [0.29, 0.717) is 5.95 Å². The summed E-state index contributed by atoms with van der Waals surface area (Å²) in [6, 6.07) is 8.77. The van der Waals surface area contributed by atoms with Gasteiger partial charge in [0.05, 0.1) is 40.9 Å². The first-order valence-electron chi connectivity index (χ1n) is 14.9. The predicted octanol–water partition coefficient (Wildman–Crippen LogP) is 4.98. The maximum Gasteiger partial charge on any atom is 0.227 e. The number of likely N-dealkylation sites (tertiary alicyclic amines) is 1. The third kappa shape index (κ3) is 5.84. The van der Waals surface area contributed by atoms with Crippen LogP contribution < -0.4 is 5.32 Å². The van der Waals surface area contributed by atoms with E-state index in [0.717, 1.165) is 83.8 Å². The lowest BCUT2D eigenvalue weighted by Crippen LogP contribution is -2.37. The maximum absolute atomic E-state index is 11.7. The average Bonchev–Trinajstić information content (AvgIpc) is 3.61. The van der Waals surface area contributed by atoms with Gasteiger partial charge >= 0.3 is 0 Å². The number of aromatic nitrogens is 6. The van der Waals surface area contributed by atoms with Gasteiger partial charge in [0.25, 0.3) is 0 Å². The Morgan fingerprint density at radius 3 is 2.60 bits per heavy atom. The van der Waals surface area contributed by atoms with Gasteiger partial charge in [-0.25, -0.2) is 9.97 Å². The fourth-order valence-electron chi connectivity index (χ4n) is 5.98. The highest BCUT2D eigenvalue weighted by Crippen LogP contribution is 2.40. The number of hydrogen-bond donors (Lipinski definition) is 2. The normalized spacial score (nSPS) is 15.9. The number of nitrogens with one attached hydrogen (secondary N) is 2. The summed E-state index contributed by atoms with van der Waals surface area (Å²) >= 11 is 0. The molecule has 0 radical (unpaired) electrons. The highest BCUT2D eigenvalue weighted by atomic mass is 16.2. The third-order valence-electron chi connectivity index (χ3n) is 8.29. The summed E-state index contributed by atoms with van der Waals surface area (Å²) in [5, 5.41) is 20.7. The smallest absolute Gasteiger partial charge is 0.227 e. The molecule has 1 aromatic carbocycles. The predicted molar refractivity (Wildman–Crippen MR) is 168 cm³/mol. The van der Waals surface area contributed by atoms with Gasteiger partial charge in [0.15, 0.2) is 0 Å². The first-order chi connectivity index (χ1) is 20.8. The van der Waals surface area contributed by atoms with Crippen LogP contribution in [0.5, 0.6) is 0 Å². The lowest BCUT2D eigenvalue weighted by molar-refractivity contribution is -0.130. The van der Waals surface area contributed by atoms with Gasteiger partial charge in [-0.2, -0.15) is 10.2 Å². The molecule has 1 aliphatic heterocycles. The van der Waals surface area contributed by atoms with E-state index < -0.39 is 0 Å². The van der Waals surface area contributed by atoms with E-state index in [-0.39, 0.29) is 23.9 Å². The molecule has 6 rings (SSSR count). The van der Waals surface area contributed by atoms with E-state index in [9.17, 15) is 4.79 Å². The standard InChI is InChI=1S/C32H38N10O/c1-20(2)34-17-25(15-33)22-5-7-23(8-6-22)31-29-28(39-40(31)4)10-9-24-16-35-32(38-30(24)29)37-26-18-36-42(19-26)27-11-13-41(14-12-27)21(3)43/h5-8,15-20,25,27,33H,9-14H2,1-4H3,(H,35,37,38). The Balaban J connectivity index is 1.25. The van der Waals surface area contributed by atoms with Crippen LogP contribution >= 0.6 is 0 Å². The number of aliphatic imine (C=N–C) groups is 1. The molecule has 1 amide bonds. The van der Waals surface area contributed by atoms with Crippen LogP contribution in [0.3, 0.4) is 0 Å². The van der Waals surface area contributed by atoms with Crippen LogP contribution in [0.25, 0.3) is 22.5 Å². The number of rotatable bonds is 8. The van der Waals surface area contributed by atoms with Gasteiger partial charge in [0.1, 0.15) is 0 Å². The van der Waals surface area contributed by atoms with Crippen LogP contribution in [0.4, 0.5) is 11.6 Å². The summed E-state index contributed by atoms with van der Waals surface area (Å²) in [6.45, 7) is 7.20. The largest absolute Gasteiger partial charge is 0.343 e. The number of amides is 1. The van der Waals surface area contributed by atoms with Crippen LogP contribution in [-0.4, -0.2) is 71.9 Å². The summed E-state index contributed by atoms with van der Waals surface area (Å²) in [5.41, 5.74) is 7.99. The molecule has 1 unspecified atom stereocenters. The van der Waals surface area contributed by atoms with E-state index in [4.69, 9.17) is 15.5 Å². The number of aryl methyl sites for hydroxylation is 3. The molecule has 11 heteroatoms. The SMILES string of the molecule is CC(=O)N1CCC(n2cc(Nc3ncc4c(n3)-c3c(nn(C)c3-c3ccc(C(C=N)C=NC(C)C)cc3)CC4)cn2)CC1. The highest BCUT2D eigenvalue weighted by Gasteiger charge is 2.28. The number of carbonyl (C=O) groups excluding carboxylic acids is 1. The molecule has 4 heterocycles. The topological polar surface area (TPSA) is 130 Å². The van der Waals surface area contributed by atoms with Gasteiger partial charge in [-0.05, 0) is 50.7 Å². The van der Waals surface area contributed by atoms with Crippen molar-refractivity contribution in [1.29, 1.82) is 5.41 Å². The van der Waals surface area contributed by atoms with Crippen LogP contribution in [0, 0.1) is 5.41 Å². The third-order valence-corrected chi connectivity index (χ3v) is 8.29. The van der Waals surface area contributed by atoms with E-state index >= 15 is 0 Å². The Morgan fingerprint density at radius 1 is 1.14 bits per heavy atom. The summed E-state index contributed by atoms with van der Waals surface area (Å²) < 4.78 is 3.93. The van der Waals surface area contributed by atoms with Crippen LogP contribution in [0.1, 0.15) is 62.4 Å². The molecule has 1 atom stereocenters. The fraction of sp³-hybridized carbons (Fsp3) is 0.406. The fourth-order valence-corrected chi connectivity index (χ4v) is 5.98. The molecule has 3 aromatic heterocycles. The number of piperidine rings is 1. The molecule has 2 N–H and O–H groups in total. The zero-order valence-corrected chi connectivity index (χ0v) is 25.2. The molecule has 11 nitrogen and oxygen atoms in total. The summed E-state index contributed by atoms with van der Waals surface area (Å²) in [6.07, 6.45) is 12.4. The number of nitrogens with zero attached hydrogens (tertiary/aromatic N) is 8. The van der Waals surface area contributed by atoms with Gasteiger partial charge in [0.2, 0.25) is 11.9 Å². The van der Waals surface area contributed by atoms with Gasteiger partial charge in [0, 0.05) is 69.1 Å². The summed E-state index contributed by atoms with van der Waals surface area (Å²) in [5.74, 6) is 0.490. The molecule has 1 aliphatic carbocycles. The lowest BCUT2D eigenvalue weighted by Gasteiger charge is -2.31. The molecule has 2 aliphatic rings. The Labute approximate surface area is 251 Å². The molecule has 1 fully saturated rings. The molecule has 0 saturated carbocycles. The molecule has 222 valence electrons. The van der Waals surface area contributed by atoms with Crippen molar-refractivity contribution in [2.45, 2.75) is 64.5 Å². The Morgan fingerprint density at radius 2 is 1.91 bits per heavy atom. The molecule has 4 aromatic rings. The number of carbonyl (C=O) groups is 1. The minimum absolute atomic E-state index is 0.131. The van der Waals surface area contributed by atoms with Crippen molar-refractivity contribution in [2.24, 2.45) is 12.0 Å². The maximum atomic E-state index is 11.7. The van der Waals surface area contributed by atoms with Crippen LogP contribution in [0.2, 0.25) is 0 Å². The number of benzene rings is 1. The Kier molecular flexibility index (Phi) is 7.88. The van der Waals surface area contributed by atoms with Crippen molar-refractivity contribution in [3.8, 4) is 22.5 Å². The zero-order valence-electron chi connectivity index (χ0n) is 25.2. The number of hydrogen-bond acceptors (Lipinski definition) is 8. The van der Waals surface area contributed by atoms with Gasteiger partial charge in [-0.3, -0.25) is 19.2 Å². The first kappa shape index (κ1) is 28.4. The van der Waals surface area contributed by atoms with E-state index in [1.54, 1.807) is 13.1 Å². The van der Waals surface area contributed by atoms with E-state index in [1.165, 1.54) is 6.21 Å². The second kappa shape index (κ2) is 11.9. The number of fused-ring (bicyclic) bond motifs is 3. The van der Waals surface area contributed by atoms with Gasteiger partial charge < -0.3 is 15.6 Å². The molecular weight excluding hydrogens is 540 g/mol. The summed E-state index contributed by atoms with van der Waals surface area (Å²) in [7, 11) is 1.98. The van der Waals surface area contributed by atoms with Gasteiger partial charge in [-0.15, -0.1) is 0 Å². The monoisotopic (exact) mass is 578 g/mol. The molecular formula is C32H38N10O. The van der Waals surface area contributed by atoms with E-state index in [2.05, 4.69) is 44.7 Å². The quantitative estimate of drug-likeness (QED) is 0.284. The average molecular weight is 579 g/mol. The van der Waals surface area contributed by atoms with E-state index in [1.807, 2.05) is 53.8 Å². The van der Waals surface area contributed by atoms with Crippen molar-refractivity contribution in [2.75, 3.05) is 18.4 Å². The second-order valence-corrected chi connectivity index (χ2v) is 11.6. The Bertz CT molecular complexity index is 1660.